The summed E-state index contributed by atoms with van der Waals surface area (Å²) in [6.45, 7) is 5.71. The highest BCUT2D eigenvalue weighted by atomic mass is 16.5. The maximum atomic E-state index is 12.2. The number of hydrogen-bond acceptors (Lipinski definition) is 2. The number of rotatable bonds is 7. The lowest BCUT2D eigenvalue weighted by Gasteiger charge is -2.14. The van der Waals surface area contributed by atoms with E-state index < -0.39 is 0 Å². The van der Waals surface area contributed by atoms with E-state index in [4.69, 9.17) is 4.74 Å². The van der Waals surface area contributed by atoms with Crippen LogP contribution in [0.25, 0.3) is 0 Å². The SMILES string of the molecule is CC=CC=CC=CCC(=CC)C(=O)OC(C)c1ccccc1. The molecule has 2 nitrogen and oxygen atoms in total. The van der Waals surface area contributed by atoms with Gasteiger partial charge in [-0.3, -0.25) is 0 Å². The van der Waals surface area contributed by atoms with E-state index in [1.807, 2.05) is 87.6 Å². The molecule has 0 bridgehead atoms. The zero-order chi connectivity index (χ0) is 16.2. The summed E-state index contributed by atoms with van der Waals surface area (Å²) >= 11 is 0. The van der Waals surface area contributed by atoms with Gasteiger partial charge in [0, 0.05) is 5.57 Å². The summed E-state index contributed by atoms with van der Waals surface area (Å²) in [5, 5.41) is 0. The molecule has 0 saturated carbocycles. The fourth-order valence-corrected chi connectivity index (χ4v) is 1.86. The molecule has 0 aliphatic heterocycles. The Morgan fingerprint density at radius 3 is 2.41 bits per heavy atom. The van der Waals surface area contributed by atoms with Crippen LogP contribution in [-0.4, -0.2) is 5.97 Å². The average molecular weight is 296 g/mol. The van der Waals surface area contributed by atoms with Crippen molar-refractivity contribution < 1.29 is 9.53 Å². The highest BCUT2D eigenvalue weighted by molar-refractivity contribution is 5.88. The van der Waals surface area contributed by atoms with E-state index in [0.717, 1.165) is 5.56 Å². The van der Waals surface area contributed by atoms with E-state index in [-0.39, 0.29) is 12.1 Å². The van der Waals surface area contributed by atoms with E-state index in [9.17, 15) is 4.79 Å². The molecular formula is C20H24O2. The molecule has 0 aliphatic carbocycles. The fourth-order valence-electron chi connectivity index (χ4n) is 1.86. The molecule has 0 fully saturated rings. The van der Waals surface area contributed by atoms with Crippen molar-refractivity contribution in [1.82, 2.24) is 0 Å². The predicted molar refractivity (Wildman–Crippen MR) is 92.4 cm³/mol. The molecule has 116 valence electrons. The first-order valence-corrected chi connectivity index (χ1v) is 7.54. The van der Waals surface area contributed by atoms with Crippen molar-refractivity contribution >= 4 is 5.97 Å². The van der Waals surface area contributed by atoms with Crippen molar-refractivity contribution in [3.63, 3.8) is 0 Å². The molecule has 1 rings (SSSR count). The molecule has 1 aromatic rings. The van der Waals surface area contributed by atoms with Gasteiger partial charge in [-0.15, -0.1) is 0 Å². The van der Waals surface area contributed by atoms with Crippen molar-refractivity contribution in [3.05, 3.63) is 84.0 Å². The molecule has 2 heteroatoms. The topological polar surface area (TPSA) is 26.3 Å². The van der Waals surface area contributed by atoms with Crippen LogP contribution in [0, 0.1) is 0 Å². The molecule has 0 aliphatic rings. The summed E-state index contributed by atoms with van der Waals surface area (Å²) in [4.78, 5) is 12.2. The van der Waals surface area contributed by atoms with Crippen LogP contribution in [0.15, 0.2) is 78.4 Å². The normalized spacial score (nSPS) is 14.0. The van der Waals surface area contributed by atoms with Crippen LogP contribution in [0.4, 0.5) is 0 Å². The van der Waals surface area contributed by atoms with Gasteiger partial charge in [-0.1, -0.05) is 72.9 Å². The number of allylic oxidation sites excluding steroid dienone is 7. The lowest BCUT2D eigenvalue weighted by molar-refractivity contribution is -0.143. The van der Waals surface area contributed by atoms with Crippen molar-refractivity contribution in [2.24, 2.45) is 0 Å². The van der Waals surface area contributed by atoms with Crippen LogP contribution in [-0.2, 0) is 9.53 Å². The first-order valence-electron chi connectivity index (χ1n) is 7.54. The van der Waals surface area contributed by atoms with Crippen molar-refractivity contribution in [2.75, 3.05) is 0 Å². The monoisotopic (exact) mass is 296 g/mol. The Balaban J connectivity index is 2.55. The van der Waals surface area contributed by atoms with Crippen molar-refractivity contribution in [2.45, 2.75) is 33.3 Å². The lowest BCUT2D eigenvalue weighted by atomic mass is 10.1. The summed E-state index contributed by atoms with van der Waals surface area (Å²) in [6, 6.07) is 9.74. The van der Waals surface area contributed by atoms with Gasteiger partial charge in [-0.2, -0.15) is 0 Å². The molecule has 1 aromatic carbocycles. The Hall–Kier alpha value is -2.35. The number of hydrogen-bond donors (Lipinski definition) is 0. The summed E-state index contributed by atoms with van der Waals surface area (Å²) in [7, 11) is 0. The third kappa shape index (κ3) is 6.40. The minimum absolute atomic E-state index is 0.248. The molecule has 0 amide bonds. The second-order valence-corrected chi connectivity index (χ2v) is 4.82. The van der Waals surface area contributed by atoms with Crippen molar-refractivity contribution in [3.8, 4) is 0 Å². The largest absolute Gasteiger partial charge is 0.454 e. The van der Waals surface area contributed by atoms with Crippen LogP contribution in [0.3, 0.4) is 0 Å². The summed E-state index contributed by atoms with van der Waals surface area (Å²) in [6.07, 6.45) is 13.8. The molecule has 0 aromatic heterocycles. The van der Waals surface area contributed by atoms with Gasteiger partial charge in [-0.05, 0) is 32.8 Å². The maximum Gasteiger partial charge on any atom is 0.334 e. The number of carbonyl (C=O) groups excluding carboxylic acids is 1. The molecule has 0 N–H and O–H groups in total. The predicted octanol–water partition coefficient (Wildman–Crippen LogP) is 5.32. The number of carbonyl (C=O) groups is 1. The third-order valence-electron chi connectivity index (χ3n) is 3.16. The smallest absolute Gasteiger partial charge is 0.334 e. The molecule has 22 heavy (non-hydrogen) atoms. The first kappa shape index (κ1) is 17.7. The van der Waals surface area contributed by atoms with Gasteiger partial charge in [0.15, 0.2) is 0 Å². The minimum atomic E-state index is -0.263. The van der Waals surface area contributed by atoms with Crippen LogP contribution < -0.4 is 0 Å². The summed E-state index contributed by atoms with van der Waals surface area (Å²) < 4.78 is 5.51. The van der Waals surface area contributed by atoms with Crippen LogP contribution in [0.1, 0.15) is 38.9 Å². The number of benzene rings is 1. The summed E-state index contributed by atoms with van der Waals surface area (Å²) in [5.74, 6) is -0.263. The second-order valence-electron chi connectivity index (χ2n) is 4.82. The second kappa shape index (κ2) is 10.4. The minimum Gasteiger partial charge on any atom is -0.454 e. The van der Waals surface area contributed by atoms with Gasteiger partial charge in [0.2, 0.25) is 0 Å². The summed E-state index contributed by atoms with van der Waals surface area (Å²) in [5.41, 5.74) is 1.66. The van der Waals surface area contributed by atoms with Crippen LogP contribution in [0.5, 0.6) is 0 Å². The number of ether oxygens (including phenoxy) is 1. The number of esters is 1. The average Bonchev–Trinajstić information content (AvgIpc) is 2.55. The Morgan fingerprint density at radius 1 is 1.09 bits per heavy atom. The Morgan fingerprint density at radius 2 is 1.77 bits per heavy atom. The molecule has 1 unspecified atom stereocenters. The molecule has 0 saturated heterocycles. The molecular weight excluding hydrogens is 272 g/mol. The van der Waals surface area contributed by atoms with E-state index in [1.54, 1.807) is 6.08 Å². The Bertz CT molecular complexity index is 563. The van der Waals surface area contributed by atoms with Gasteiger partial charge in [0.1, 0.15) is 6.10 Å². The third-order valence-corrected chi connectivity index (χ3v) is 3.16. The van der Waals surface area contributed by atoms with Crippen LogP contribution >= 0.6 is 0 Å². The van der Waals surface area contributed by atoms with E-state index in [1.165, 1.54) is 0 Å². The van der Waals surface area contributed by atoms with Crippen molar-refractivity contribution in [1.29, 1.82) is 0 Å². The highest BCUT2D eigenvalue weighted by Gasteiger charge is 2.14. The quantitative estimate of drug-likeness (QED) is 0.387. The molecule has 0 radical (unpaired) electrons. The Kier molecular flexibility index (Phi) is 8.36. The standard InChI is InChI=1S/C20H24O2/c1-4-6-7-8-9-11-14-18(5-2)20(21)22-17(3)19-15-12-10-13-16-19/h4-13,15-17H,14H2,1-3H3. The van der Waals surface area contributed by atoms with E-state index >= 15 is 0 Å². The van der Waals surface area contributed by atoms with Gasteiger partial charge in [-0.25, -0.2) is 4.79 Å². The van der Waals surface area contributed by atoms with Gasteiger partial charge in [0.25, 0.3) is 0 Å². The molecule has 1 atom stereocenters. The van der Waals surface area contributed by atoms with Crippen LogP contribution in [0.2, 0.25) is 0 Å². The maximum absolute atomic E-state index is 12.2. The molecule has 0 heterocycles. The van der Waals surface area contributed by atoms with E-state index in [2.05, 4.69) is 0 Å². The molecule has 0 spiro atoms. The van der Waals surface area contributed by atoms with Gasteiger partial charge >= 0.3 is 5.97 Å². The fraction of sp³-hybridized carbons (Fsp3) is 0.250. The highest BCUT2D eigenvalue weighted by Crippen LogP contribution is 2.18. The Labute approximate surface area is 133 Å². The first-order chi connectivity index (χ1) is 10.7. The lowest BCUT2D eigenvalue weighted by Crippen LogP contribution is -2.11. The zero-order valence-electron chi connectivity index (χ0n) is 13.5. The zero-order valence-corrected chi connectivity index (χ0v) is 13.5. The van der Waals surface area contributed by atoms with Gasteiger partial charge in [0.05, 0.1) is 0 Å². The van der Waals surface area contributed by atoms with E-state index in [0.29, 0.717) is 12.0 Å². The van der Waals surface area contributed by atoms with Gasteiger partial charge < -0.3 is 4.74 Å².